The van der Waals surface area contributed by atoms with Gasteiger partial charge in [0.25, 0.3) is 0 Å². The monoisotopic (exact) mass is 490 g/mol. The number of carbonyl (C=O) groups excluding carboxylic acids is 1. The van der Waals surface area contributed by atoms with Crippen LogP contribution in [0.5, 0.6) is 0 Å². The van der Waals surface area contributed by atoms with Crippen LogP contribution in [0.1, 0.15) is 43.5 Å². The molecule has 0 amide bonds. The summed E-state index contributed by atoms with van der Waals surface area (Å²) in [6, 6.07) is 14.7. The number of aromatic nitrogens is 2. The summed E-state index contributed by atoms with van der Waals surface area (Å²) in [6.45, 7) is 11.0. The highest BCUT2D eigenvalue weighted by molar-refractivity contribution is 7.23. The Morgan fingerprint density at radius 2 is 1.83 bits per heavy atom. The summed E-state index contributed by atoms with van der Waals surface area (Å²) in [6.07, 6.45) is 4.72. The van der Waals surface area contributed by atoms with Gasteiger partial charge < -0.3 is 14.5 Å². The first-order valence-electron chi connectivity index (χ1n) is 12.8. The Bertz CT molecular complexity index is 1280. The number of nitrogens with zero attached hydrogens (tertiary/aromatic N) is 4. The lowest BCUT2D eigenvalue weighted by Gasteiger charge is -2.28. The van der Waals surface area contributed by atoms with Crippen molar-refractivity contribution in [3.63, 3.8) is 0 Å². The van der Waals surface area contributed by atoms with E-state index < -0.39 is 0 Å². The molecule has 7 heteroatoms. The number of ether oxygens (including phenoxy) is 1. The molecule has 0 saturated carbocycles. The molecule has 1 saturated heterocycles. The van der Waals surface area contributed by atoms with Crippen LogP contribution in [0.25, 0.3) is 26.4 Å². The van der Waals surface area contributed by atoms with E-state index in [-0.39, 0.29) is 5.78 Å². The molecule has 1 aliphatic heterocycles. The number of fused-ring (bicyclic) bond motifs is 3. The maximum atomic E-state index is 12.8. The Morgan fingerprint density at radius 3 is 2.57 bits per heavy atom. The molecule has 4 aromatic rings. The molecule has 1 aliphatic rings. The van der Waals surface area contributed by atoms with Gasteiger partial charge in [0.1, 0.15) is 0 Å². The van der Waals surface area contributed by atoms with Crippen LogP contribution in [0.3, 0.4) is 0 Å². The van der Waals surface area contributed by atoms with Gasteiger partial charge in [0, 0.05) is 42.5 Å². The molecule has 0 radical (unpaired) electrons. The molecule has 2 aromatic heterocycles. The molecule has 184 valence electrons. The van der Waals surface area contributed by atoms with Crippen molar-refractivity contribution in [2.75, 3.05) is 50.8 Å². The van der Waals surface area contributed by atoms with E-state index in [4.69, 9.17) is 9.72 Å². The summed E-state index contributed by atoms with van der Waals surface area (Å²) in [5.74, 6) is 0.235. The lowest BCUT2D eigenvalue weighted by Crippen LogP contribution is -2.36. The molecular weight excluding hydrogens is 456 g/mol. The molecule has 0 aliphatic carbocycles. The van der Waals surface area contributed by atoms with Crippen molar-refractivity contribution in [1.82, 2.24) is 14.3 Å². The quantitative estimate of drug-likeness (QED) is 0.209. The Labute approximate surface area is 211 Å². The minimum absolute atomic E-state index is 0.235. The van der Waals surface area contributed by atoms with Gasteiger partial charge in [0.05, 0.1) is 29.1 Å². The minimum Gasteiger partial charge on any atom is -0.378 e. The zero-order valence-electron chi connectivity index (χ0n) is 20.7. The number of ketones is 1. The predicted molar refractivity (Wildman–Crippen MR) is 145 cm³/mol. The first kappa shape index (κ1) is 24.0. The average Bonchev–Trinajstić information content (AvgIpc) is 3.47. The zero-order chi connectivity index (χ0) is 24.2. The van der Waals surface area contributed by atoms with Crippen LogP contribution >= 0.6 is 11.3 Å². The standard InChI is InChI=1S/C28H34N4O2S/c1-3-30(4-2)14-6-5-7-26(33)22-10-13-25-27(19-22)35-28-29-24(20-32(25)28)21-8-11-23(12-9-21)31-15-17-34-18-16-31/h8-13,19-20H,3-7,14-18H2,1-2H3. The Morgan fingerprint density at radius 1 is 1.06 bits per heavy atom. The number of carbonyl (C=O) groups is 1. The number of imidazole rings is 1. The first-order chi connectivity index (χ1) is 17.2. The van der Waals surface area contributed by atoms with E-state index in [0.29, 0.717) is 6.42 Å². The lowest BCUT2D eigenvalue weighted by atomic mass is 10.1. The summed E-state index contributed by atoms with van der Waals surface area (Å²) in [5.41, 5.74) is 5.23. The van der Waals surface area contributed by atoms with Gasteiger partial charge in [-0.3, -0.25) is 9.20 Å². The van der Waals surface area contributed by atoms with Crippen molar-refractivity contribution in [3.8, 4) is 11.3 Å². The van der Waals surface area contributed by atoms with Gasteiger partial charge in [0.15, 0.2) is 10.7 Å². The highest BCUT2D eigenvalue weighted by Gasteiger charge is 2.15. The number of hydrogen-bond donors (Lipinski definition) is 0. The molecule has 3 heterocycles. The third-order valence-electron chi connectivity index (χ3n) is 6.98. The Kier molecular flexibility index (Phi) is 7.46. The van der Waals surface area contributed by atoms with E-state index in [2.05, 4.69) is 64.6 Å². The fraction of sp³-hybridized carbons (Fsp3) is 0.429. The normalized spacial score (nSPS) is 14.4. The van der Waals surface area contributed by atoms with E-state index in [1.165, 1.54) is 5.69 Å². The van der Waals surface area contributed by atoms with Crippen molar-refractivity contribution >= 4 is 38.0 Å². The maximum absolute atomic E-state index is 12.8. The summed E-state index contributed by atoms with van der Waals surface area (Å²) in [4.78, 5) is 23.4. The smallest absolute Gasteiger partial charge is 0.195 e. The fourth-order valence-corrected chi connectivity index (χ4v) is 5.83. The van der Waals surface area contributed by atoms with E-state index in [0.717, 1.165) is 90.8 Å². The lowest BCUT2D eigenvalue weighted by molar-refractivity contribution is 0.0978. The second kappa shape index (κ2) is 10.9. The van der Waals surface area contributed by atoms with Gasteiger partial charge in [-0.1, -0.05) is 37.3 Å². The van der Waals surface area contributed by atoms with Gasteiger partial charge >= 0.3 is 0 Å². The van der Waals surface area contributed by atoms with Crippen LogP contribution in [0.4, 0.5) is 5.69 Å². The van der Waals surface area contributed by atoms with Crippen LogP contribution in [-0.2, 0) is 4.74 Å². The Balaban J connectivity index is 1.27. The molecule has 0 atom stereocenters. The second-order valence-electron chi connectivity index (χ2n) is 9.12. The van der Waals surface area contributed by atoms with E-state index in [1.54, 1.807) is 11.3 Å². The predicted octanol–water partition coefficient (Wildman–Crippen LogP) is 5.75. The largest absolute Gasteiger partial charge is 0.378 e. The SMILES string of the molecule is CCN(CC)CCCCC(=O)c1ccc2c(c1)sc1nc(-c3ccc(N4CCOCC4)cc3)cn12. The summed E-state index contributed by atoms with van der Waals surface area (Å²) >= 11 is 1.64. The number of anilines is 1. The van der Waals surface area contributed by atoms with Crippen molar-refractivity contribution < 1.29 is 9.53 Å². The summed E-state index contributed by atoms with van der Waals surface area (Å²) < 4.78 is 8.71. The second-order valence-corrected chi connectivity index (χ2v) is 10.1. The third-order valence-corrected chi connectivity index (χ3v) is 8.00. The van der Waals surface area contributed by atoms with Crippen LogP contribution in [0, 0.1) is 0 Å². The highest BCUT2D eigenvalue weighted by Crippen LogP contribution is 2.31. The van der Waals surface area contributed by atoms with Gasteiger partial charge in [0.2, 0.25) is 0 Å². The molecule has 35 heavy (non-hydrogen) atoms. The van der Waals surface area contributed by atoms with Crippen LogP contribution in [-0.4, -0.2) is 66.0 Å². The topological polar surface area (TPSA) is 50.1 Å². The summed E-state index contributed by atoms with van der Waals surface area (Å²) in [7, 11) is 0. The molecule has 5 rings (SSSR count). The first-order valence-corrected chi connectivity index (χ1v) is 13.6. The molecular formula is C28H34N4O2S. The van der Waals surface area contributed by atoms with Crippen molar-refractivity contribution in [2.45, 2.75) is 33.1 Å². The van der Waals surface area contributed by atoms with Crippen LogP contribution in [0.15, 0.2) is 48.7 Å². The van der Waals surface area contributed by atoms with Crippen LogP contribution < -0.4 is 4.90 Å². The number of morpholine rings is 1. The molecule has 0 unspecified atom stereocenters. The fourth-order valence-electron chi connectivity index (χ4n) is 4.78. The molecule has 1 fully saturated rings. The zero-order valence-corrected chi connectivity index (χ0v) is 21.5. The molecule has 2 aromatic carbocycles. The molecule has 0 spiro atoms. The van der Waals surface area contributed by atoms with Crippen molar-refractivity contribution in [2.24, 2.45) is 0 Å². The number of hydrogen-bond acceptors (Lipinski definition) is 6. The number of Topliss-reactive ketones (excluding diaryl/α,β-unsaturated/α-hetero) is 1. The maximum Gasteiger partial charge on any atom is 0.195 e. The van der Waals surface area contributed by atoms with E-state index in [1.807, 2.05) is 12.1 Å². The Hall–Kier alpha value is -2.74. The van der Waals surface area contributed by atoms with Gasteiger partial charge in [-0.25, -0.2) is 4.98 Å². The number of unbranched alkanes of at least 4 members (excludes halogenated alkanes) is 1. The average molecular weight is 491 g/mol. The molecule has 0 N–H and O–H groups in total. The summed E-state index contributed by atoms with van der Waals surface area (Å²) in [5, 5.41) is 0. The molecule has 0 bridgehead atoms. The highest BCUT2D eigenvalue weighted by atomic mass is 32.1. The van der Waals surface area contributed by atoms with Crippen molar-refractivity contribution in [3.05, 3.63) is 54.2 Å². The number of rotatable bonds is 10. The van der Waals surface area contributed by atoms with E-state index in [9.17, 15) is 4.79 Å². The van der Waals surface area contributed by atoms with Crippen LogP contribution in [0.2, 0.25) is 0 Å². The van der Waals surface area contributed by atoms with Gasteiger partial charge in [-0.15, -0.1) is 0 Å². The van der Waals surface area contributed by atoms with Gasteiger partial charge in [-0.05, 0) is 62.8 Å². The third kappa shape index (κ3) is 5.27. The molecule has 6 nitrogen and oxygen atoms in total. The van der Waals surface area contributed by atoms with Gasteiger partial charge in [-0.2, -0.15) is 0 Å². The number of thiazole rings is 1. The van der Waals surface area contributed by atoms with Crippen molar-refractivity contribution in [1.29, 1.82) is 0 Å². The van der Waals surface area contributed by atoms with E-state index >= 15 is 0 Å². The minimum atomic E-state index is 0.235. The number of benzene rings is 2.